The van der Waals surface area contributed by atoms with E-state index in [1.807, 2.05) is 6.07 Å². The molecule has 0 saturated carbocycles. The van der Waals surface area contributed by atoms with Crippen molar-refractivity contribution >= 4 is 35.7 Å². The Hall–Kier alpha value is -3.65. The Morgan fingerprint density at radius 2 is 1.60 bits per heavy atom. The summed E-state index contributed by atoms with van der Waals surface area (Å²) in [5, 5.41) is 9.58. The topological polar surface area (TPSA) is 182 Å². The van der Waals surface area contributed by atoms with Crippen LogP contribution in [0.1, 0.15) is 24.0 Å². The number of hydrogen-bond acceptors (Lipinski definition) is 9. The number of primary amides is 1. The minimum absolute atomic E-state index is 0. The Kier molecular flexibility index (Phi) is 14.4. The molecule has 0 radical (unpaired) electrons. The van der Waals surface area contributed by atoms with Crippen molar-refractivity contribution in [3.63, 3.8) is 0 Å². The van der Waals surface area contributed by atoms with Crippen molar-refractivity contribution < 1.29 is 23.7 Å². The zero-order valence-corrected chi connectivity index (χ0v) is 21.2. The first-order chi connectivity index (χ1) is 16.3. The van der Waals surface area contributed by atoms with E-state index in [0.717, 1.165) is 12.0 Å². The molecule has 0 aliphatic rings. The van der Waals surface area contributed by atoms with Crippen LogP contribution >= 0.6 is 12.4 Å². The lowest BCUT2D eigenvalue weighted by Gasteiger charge is -2.14. The number of nitrogen functional groups attached to an aromatic ring is 1. The summed E-state index contributed by atoms with van der Waals surface area (Å²) < 4.78 is 21.1. The number of rotatable bonds is 10. The highest BCUT2D eigenvalue weighted by atomic mass is 35.5. The zero-order valence-electron chi connectivity index (χ0n) is 20.4. The molecule has 2 aromatic carbocycles. The Labute approximate surface area is 212 Å². The number of carbonyl (C=O) groups excluding carboxylic acids is 1. The van der Waals surface area contributed by atoms with Crippen molar-refractivity contribution in [2.45, 2.75) is 18.9 Å². The normalized spacial score (nSPS) is 11.1. The van der Waals surface area contributed by atoms with Gasteiger partial charge in [0.2, 0.25) is 11.7 Å². The molecule has 0 unspecified atom stereocenters. The van der Waals surface area contributed by atoms with E-state index < -0.39 is 11.9 Å². The lowest BCUT2D eigenvalue weighted by Crippen LogP contribution is -2.36. The number of allylic oxidation sites excluding steroid dienone is 1. The van der Waals surface area contributed by atoms with Crippen LogP contribution in [0.25, 0.3) is 11.6 Å². The summed E-state index contributed by atoms with van der Waals surface area (Å²) in [6.07, 6.45) is 3.08. The second-order valence-corrected chi connectivity index (χ2v) is 7.02. The Balaban J connectivity index is 0.000000989. The molecular weight excluding hydrogens is 474 g/mol. The average Bonchev–Trinajstić information content (AvgIpc) is 2.85. The second kappa shape index (κ2) is 16.1. The minimum atomic E-state index is -0.520. The van der Waals surface area contributed by atoms with E-state index in [1.54, 1.807) is 37.5 Å². The molecule has 192 valence electrons. The highest BCUT2D eigenvalue weighted by molar-refractivity contribution is 5.91. The summed E-state index contributed by atoms with van der Waals surface area (Å²) in [7, 11) is 6.14. The molecule has 0 spiro atoms. The van der Waals surface area contributed by atoms with Gasteiger partial charge in [0.15, 0.2) is 11.5 Å². The van der Waals surface area contributed by atoms with E-state index in [9.17, 15) is 10.1 Å². The van der Waals surface area contributed by atoms with Crippen molar-refractivity contribution in [1.29, 1.82) is 5.26 Å². The SMILES string of the molecule is COc1ccc(C=C(C#N)c2cc(OC)c(OC)c(OC)c2)cc1N.Cl.NCCC[C@H](N)C(N)=O. The van der Waals surface area contributed by atoms with Gasteiger partial charge in [-0.15, -0.1) is 12.4 Å². The highest BCUT2D eigenvalue weighted by Gasteiger charge is 2.15. The Morgan fingerprint density at radius 1 is 1.03 bits per heavy atom. The summed E-state index contributed by atoms with van der Waals surface area (Å²) >= 11 is 0. The van der Waals surface area contributed by atoms with Gasteiger partial charge in [0.25, 0.3) is 0 Å². The van der Waals surface area contributed by atoms with Gasteiger partial charge in [0.1, 0.15) is 5.75 Å². The number of hydrogen-bond donors (Lipinski definition) is 4. The number of nitriles is 1. The van der Waals surface area contributed by atoms with Gasteiger partial charge in [-0.25, -0.2) is 0 Å². The van der Waals surface area contributed by atoms with Gasteiger partial charge in [-0.1, -0.05) is 6.07 Å². The van der Waals surface area contributed by atoms with Crippen LogP contribution in [-0.2, 0) is 4.79 Å². The van der Waals surface area contributed by atoms with E-state index in [-0.39, 0.29) is 12.4 Å². The fourth-order valence-electron chi connectivity index (χ4n) is 2.91. The summed E-state index contributed by atoms with van der Waals surface area (Å²) in [4.78, 5) is 10.3. The Bertz CT molecular complexity index is 1010. The number of halogens is 1. The molecule has 0 aliphatic heterocycles. The summed E-state index contributed by atoms with van der Waals surface area (Å²) in [5.74, 6) is 1.56. The molecule has 0 bridgehead atoms. The van der Waals surface area contributed by atoms with Crippen molar-refractivity contribution in [1.82, 2.24) is 0 Å². The molecule has 1 amide bonds. The van der Waals surface area contributed by atoms with Crippen molar-refractivity contribution in [3.05, 3.63) is 41.5 Å². The number of anilines is 1. The fraction of sp³-hybridized carbons (Fsp3) is 0.333. The molecular formula is C24H34ClN5O5. The number of nitrogens with zero attached hydrogens (tertiary/aromatic N) is 1. The maximum atomic E-state index is 10.3. The maximum Gasteiger partial charge on any atom is 0.234 e. The van der Waals surface area contributed by atoms with Gasteiger partial charge in [0, 0.05) is 0 Å². The lowest BCUT2D eigenvalue weighted by atomic mass is 10.0. The van der Waals surface area contributed by atoms with E-state index >= 15 is 0 Å². The number of nitrogens with two attached hydrogens (primary N) is 4. The van der Waals surface area contributed by atoms with Crippen LogP contribution in [0.5, 0.6) is 23.0 Å². The molecule has 0 heterocycles. The van der Waals surface area contributed by atoms with Gasteiger partial charge in [-0.05, 0) is 60.9 Å². The molecule has 10 nitrogen and oxygen atoms in total. The quantitative estimate of drug-likeness (QED) is 0.213. The molecule has 1 atom stereocenters. The van der Waals surface area contributed by atoms with E-state index in [4.69, 9.17) is 41.9 Å². The number of methoxy groups -OCH3 is 4. The van der Waals surface area contributed by atoms with Crippen LogP contribution < -0.4 is 41.9 Å². The molecule has 0 fully saturated rings. The molecule has 8 N–H and O–H groups in total. The van der Waals surface area contributed by atoms with Crippen LogP contribution in [0.2, 0.25) is 0 Å². The number of ether oxygens (including phenoxy) is 4. The van der Waals surface area contributed by atoms with E-state index in [1.165, 1.54) is 21.3 Å². The minimum Gasteiger partial charge on any atom is -0.495 e. The fourth-order valence-corrected chi connectivity index (χ4v) is 2.91. The van der Waals surface area contributed by atoms with Gasteiger partial charge >= 0.3 is 0 Å². The third-order valence-electron chi connectivity index (χ3n) is 4.75. The molecule has 0 aromatic heterocycles. The summed E-state index contributed by atoms with van der Waals surface area (Å²) in [6, 6.07) is 10.4. The largest absolute Gasteiger partial charge is 0.495 e. The smallest absolute Gasteiger partial charge is 0.234 e. The van der Waals surface area contributed by atoms with Crippen LogP contribution in [0, 0.1) is 11.3 Å². The van der Waals surface area contributed by atoms with Gasteiger partial charge in [0.05, 0.1) is 51.8 Å². The van der Waals surface area contributed by atoms with Crippen LogP contribution in [-0.4, -0.2) is 46.9 Å². The van der Waals surface area contributed by atoms with Crippen LogP contribution in [0.15, 0.2) is 30.3 Å². The Morgan fingerprint density at radius 3 is 2.00 bits per heavy atom. The molecule has 2 rings (SSSR count). The first kappa shape index (κ1) is 31.4. The monoisotopic (exact) mass is 507 g/mol. The molecule has 2 aromatic rings. The standard InChI is InChI=1S/C19H20N2O4.C5H13N3O.ClH/c1-22-16-6-5-12(8-15(16)21)7-14(11-20)13-9-17(23-2)19(25-4)18(10-13)24-3;6-3-1-2-4(7)5(8)9;/h5-10H,21H2,1-4H3;4H,1-3,6-7H2,(H2,8,9);1H/t;4-;/m.0./s1. The number of benzene rings is 2. The maximum absolute atomic E-state index is 10.3. The highest BCUT2D eigenvalue weighted by Crippen LogP contribution is 2.40. The van der Waals surface area contributed by atoms with Crippen molar-refractivity contribution in [2.75, 3.05) is 40.7 Å². The molecule has 11 heteroatoms. The van der Waals surface area contributed by atoms with Crippen molar-refractivity contribution in [3.8, 4) is 29.1 Å². The van der Waals surface area contributed by atoms with E-state index in [2.05, 4.69) is 6.07 Å². The first-order valence-electron chi connectivity index (χ1n) is 10.4. The van der Waals surface area contributed by atoms with Crippen molar-refractivity contribution in [2.24, 2.45) is 17.2 Å². The first-order valence-corrected chi connectivity index (χ1v) is 10.4. The van der Waals surface area contributed by atoms with Gasteiger partial charge in [-0.3, -0.25) is 4.79 Å². The number of carbonyl (C=O) groups is 1. The summed E-state index contributed by atoms with van der Waals surface area (Å²) in [5.41, 5.74) is 23.6. The second-order valence-electron chi connectivity index (χ2n) is 7.02. The van der Waals surface area contributed by atoms with Gasteiger partial charge in [-0.2, -0.15) is 5.26 Å². The third-order valence-corrected chi connectivity index (χ3v) is 4.75. The third kappa shape index (κ3) is 9.25. The van der Waals surface area contributed by atoms with E-state index in [0.29, 0.717) is 52.8 Å². The predicted octanol–water partition coefficient (Wildman–Crippen LogP) is 2.33. The van der Waals surface area contributed by atoms with Crippen LogP contribution in [0.4, 0.5) is 5.69 Å². The average molecular weight is 508 g/mol. The van der Waals surface area contributed by atoms with Crippen LogP contribution in [0.3, 0.4) is 0 Å². The molecule has 35 heavy (non-hydrogen) atoms. The number of amides is 1. The molecule has 0 saturated heterocycles. The van der Waals surface area contributed by atoms with Gasteiger partial charge < -0.3 is 41.9 Å². The zero-order chi connectivity index (χ0) is 25.7. The summed E-state index contributed by atoms with van der Waals surface area (Å²) in [6.45, 7) is 0.557. The predicted molar refractivity (Wildman–Crippen MR) is 140 cm³/mol. The molecule has 0 aliphatic carbocycles. The lowest BCUT2D eigenvalue weighted by molar-refractivity contribution is -0.119.